The zero-order valence-corrected chi connectivity index (χ0v) is 21.4. The van der Waals surface area contributed by atoms with Crippen molar-refractivity contribution >= 4 is 51.5 Å². The fourth-order valence-electron chi connectivity index (χ4n) is 4.76. The SMILES string of the molecule is C[C@H](Nc1ncnc2cccnc12)c1cc2cccc(Cl)c2nc1N1CCN(C(C=O)N(C)C)CC1. The zero-order chi connectivity index (χ0) is 25.2. The number of hydrogen-bond acceptors (Lipinski definition) is 9. The maximum Gasteiger partial charge on any atom is 0.156 e. The van der Waals surface area contributed by atoms with Crippen LogP contribution in [0.25, 0.3) is 21.9 Å². The predicted molar refractivity (Wildman–Crippen MR) is 143 cm³/mol. The van der Waals surface area contributed by atoms with Gasteiger partial charge in [0.05, 0.1) is 22.1 Å². The molecule has 1 aliphatic heterocycles. The lowest BCUT2D eigenvalue weighted by atomic mass is 10.0. The maximum atomic E-state index is 11.6. The topological polar surface area (TPSA) is 90.4 Å². The number of aromatic nitrogens is 4. The van der Waals surface area contributed by atoms with Gasteiger partial charge in [-0.05, 0) is 45.3 Å². The molecule has 0 bridgehead atoms. The first kappa shape index (κ1) is 24.3. The van der Waals surface area contributed by atoms with Crippen molar-refractivity contribution in [2.75, 3.05) is 50.5 Å². The Kier molecular flexibility index (Phi) is 6.95. The van der Waals surface area contributed by atoms with E-state index in [0.29, 0.717) is 10.8 Å². The van der Waals surface area contributed by atoms with Gasteiger partial charge in [0.15, 0.2) is 12.1 Å². The van der Waals surface area contributed by atoms with Crippen LogP contribution in [-0.4, -0.2) is 82.5 Å². The molecule has 0 radical (unpaired) electrons. The summed E-state index contributed by atoms with van der Waals surface area (Å²) in [5, 5.41) is 5.14. The van der Waals surface area contributed by atoms with Crippen molar-refractivity contribution in [3.05, 3.63) is 59.5 Å². The first-order valence-corrected chi connectivity index (χ1v) is 12.4. The molecule has 4 heterocycles. The molecule has 0 aliphatic carbocycles. The van der Waals surface area contributed by atoms with Gasteiger partial charge in [-0.15, -0.1) is 0 Å². The van der Waals surface area contributed by atoms with Crippen molar-refractivity contribution in [1.29, 1.82) is 0 Å². The Morgan fingerprint density at radius 2 is 1.86 bits per heavy atom. The Hall–Kier alpha value is -3.40. The Bertz CT molecular complexity index is 1380. The smallest absolute Gasteiger partial charge is 0.156 e. The summed E-state index contributed by atoms with van der Waals surface area (Å²) in [6, 6.07) is 11.7. The van der Waals surface area contributed by atoms with Gasteiger partial charge in [-0.1, -0.05) is 23.7 Å². The number of piperazine rings is 1. The van der Waals surface area contributed by atoms with Gasteiger partial charge in [-0.25, -0.2) is 15.0 Å². The Labute approximate surface area is 215 Å². The molecule has 10 heteroatoms. The number of fused-ring (bicyclic) bond motifs is 2. The first-order valence-electron chi connectivity index (χ1n) is 12.0. The lowest BCUT2D eigenvalue weighted by molar-refractivity contribution is -0.117. The standard InChI is InChI=1S/C26H29ClN8O/c1-17(31-25-24-21(29-16-30-25)8-5-9-28-24)19-14-18-6-4-7-20(27)23(18)32-26(19)35-12-10-34(11-13-35)22(15-36)33(2)3/h4-9,14-17,22H,10-13H2,1-3H3,(H,29,30,31)/t17-,22?/m0/s1. The van der Waals surface area contributed by atoms with Gasteiger partial charge in [0, 0.05) is 43.3 Å². The number of nitrogens with one attached hydrogen (secondary N) is 1. The Morgan fingerprint density at radius 1 is 1.06 bits per heavy atom. The Balaban J connectivity index is 1.49. The molecule has 1 aromatic carbocycles. The van der Waals surface area contributed by atoms with E-state index in [1.807, 2.05) is 49.3 Å². The monoisotopic (exact) mass is 504 g/mol. The van der Waals surface area contributed by atoms with Crippen LogP contribution in [0.3, 0.4) is 0 Å². The van der Waals surface area contributed by atoms with Crippen molar-refractivity contribution in [2.45, 2.75) is 19.1 Å². The molecule has 9 nitrogen and oxygen atoms in total. The molecule has 1 aliphatic rings. The molecule has 0 saturated carbocycles. The van der Waals surface area contributed by atoms with Crippen LogP contribution in [0.1, 0.15) is 18.5 Å². The van der Waals surface area contributed by atoms with E-state index in [1.54, 1.807) is 12.5 Å². The van der Waals surface area contributed by atoms with Crippen molar-refractivity contribution in [3.63, 3.8) is 0 Å². The summed E-state index contributed by atoms with van der Waals surface area (Å²) in [6.07, 6.45) is 4.06. The number of rotatable bonds is 7. The van der Waals surface area contributed by atoms with Gasteiger partial charge in [-0.2, -0.15) is 0 Å². The van der Waals surface area contributed by atoms with Crippen LogP contribution in [0, 0.1) is 0 Å². The molecule has 186 valence electrons. The summed E-state index contributed by atoms with van der Waals surface area (Å²) in [6.45, 7) is 5.10. The second-order valence-electron chi connectivity index (χ2n) is 9.21. The number of likely N-dealkylation sites (N-methyl/N-ethyl adjacent to an activating group) is 1. The highest BCUT2D eigenvalue weighted by atomic mass is 35.5. The van der Waals surface area contributed by atoms with Crippen LogP contribution in [0.15, 0.2) is 48.9 Å². The lowest BCUT2D eigenvalue weighted by Gasteiger charge is -2.40. The fraction of sp³-hybridized carbons (Fsp3) is 0.346. The van der Waals surface area contributed by atoms with Crippen LogP contribution in [0.4, 0.5) is 11.6 Å². The Morgan fingerprint density at radius 3 is 2.61 bits per heavy atom. The predicted octanol–water partition coefficient (Wildman–Crippen LogP) is 3.61. The van der Waals surface area contributed by atoms with Gasteiger partial charge < -0.3 is 15.0 Å². The molecule has 1 N–H and O–H groups in total. The summed E-state index contributed by atoms with van der Waals surface area (Å²) in [4.78, 5) is 36.4. The third-order valence-corrected chi connectivity index (χ3v) is 6.96. The fourth-order valence-corrected chi connectivity index (χ4v) is 4.98. The normalized spacial score (nSPS) is 16.4. The van der Waals surface area contributed by atoms with E-state index in [1.165, 1.54) is 0 Å². The quantitative estimate of drug-likeness (QED) is 0.379. The highest BCUT2D eigenvalue weighted by molar-refractivity contribution is 6.35. The van der Waals surface area contributed by atoms with Gasteiger partial charge in [0.1, 0.15) is 23.8 Å². The number of nitrogens with zero attached hydrogens (tertiary/aromatic N) is 7. The average Bonchev–Trinajstić information content (AvgIpc) is 2.89. The number of hydrogen-bond donors (Lipinski definition) is 1. The molecule has 5 rings (SSSR count). The molecule has 1 fully saturated rings. The minimum Gasteiger partial charge on any atom is -0.361 e. The first-order chi connectivity index (χ1) is 17.5. The highest BCUT2D eigenvalue weighted by Crippen LogP contribution is 2.34. The molecule has 4 aromatic rings. The maximum absolute atomic E-state index is 11.6. The van der Waals surface area contributed by atoms with E-state index in [-0.39, 0.29) is 12.2 Å². The molecule has 3 aromatic heterocycles. The van der Waals surface area contributed by atoms with E-state index >= 15 is 0 Å². The third kappa shape index (κ3) is 4.69. The van der Waals surface area contributed by atoms with Gasteiger partial charge in [0.2, 0.25) is 0 Å². The number of carbonyl (C=O) groups is 1. The van der Waals surface area contributed by atoms with E-state index in [0.717, 1.165) is 65.8 Å². The van der Waals surface area contributed by atoms with Gasteiger partial charge in [0.25, 0.3) is 0 Å². The summed E-state index contributed by atoms with van der Waals surface area (Å²) >= 11 is 6.54. The molecule has 0 amide bonds. The highest BCUT2D eigenvalue weighted by Gasteiger charge is 2.28. The van der Waals surface area contributed by atoms with Crippen molar-refractivity contribution in [2.24, 2.45) is 0 Å². The van der Waals surface area contributed by atoms with Crippen LogP contribution >= 0.6 is 11.6 Å². The molecule has 1 saturated heterocycles. The molecular weight excluding hydrogens is 476 g/mol. The van der Waals surface area contributed by atoms with Crippen molar-refractivity contribution < 1.29 is 4.79 Å². The van der Waals surface area contributed by atoms with E-state index < -0.39 is 0 Å². The van der Waals surface area contributed by atoms with E-state index in [9.17, 15) is 4.79 Å². The number of carbonyl (C=O) groups excluding carboxylic acids is 1. The summed E-state index contributed by atoms with van der Waals surface area (Å²) in [7, 11) is 3.85. The second kappa shape index (κ2) is 10.3. The summed E-state index contributed by atoms with van der Waals surface area (Å²) < 4.78 is 0. The van der Waals surface area contributed by atoms with Crippen molar-refractivity contribution in [1.82, 2.24) is 29.7 Å². The molecule has 36 heavy (non-hydrogen) atoms. The largest absolute Gasteiger partial charge is 0.361 e. The minimum atomic E-state index is -0.232. The number of aldehydes is 1. The van der Waals surface area contributed by atoms with Crippen LogP contribution < -0.4 is 10.2 Å². The molecule has 1 unspecified atom stereocenters. The average molecular weight is 505 g/mol. The summed E-state index contributed by atoms with van der Waals surface area (Å²) in [5.41, 5.74) is 3.33. The van der Waals surface area contributed by atoms with Crippen LogP contribution in [0.5, 0.6) is 0 Å². The molecular formula is C26H29ClN8O. The number of para-hydroxylation sites is 1. The number of halogens is 1. The van der Waals surface area contributed by atoms with E-state index in [4.69, 9.17) is 16.6 Å². The number of anilines is 2. The van der Waals surface area contributed by atoms with Crippen molar-refractivity contribution in [3.8, 4) is 0 Å². The zero-order valence-electron chi connectivity index (χ0n) is 20.6. The lowest BCUT2D eigenvalue weighted by Crippen LogP contribution is -2.55. The van der Waals surface area contributed by atoms with Gasteiger partial charge in [-0.3, -0.25) is 14.8 Å². The van der Waals surface area contributed by atoms with Gasteiger partial charge >= 0.3 is 0 Å². The number of benzene rings is 1. The molecule has 2 atom stereocenters. The van der Waals surface area contributed by atoms with Crippen LogP contribution in [0.2, 0.25) is 5.02 Å². The van der Waals surface area contributed by atoms with Crippen LogP contribution in [-0.2, 0) is 4.79 Å². The molecule has 0 spiro atoms. The minimum absolute atomic E-state index is 0.112. The summed E-state index contributed by atoms with van der Waals surface area (Å²) in [5.74, 6) is 1.56. The number of pyridine rings is 2. The van der Waals surface area contributed by atoms with E-state index in [2.05, 4.69) is 43.1 Å². The third-order valence-electron chi connectivity index (χ3n) is 6.66. The second-order valence-corrected chi connectivity index (χ2v) is 9.62.